The number of sulfonamides is 1. The first kappa shape index (κ1) is 32.7. The lowest BCUT2D eigenvalue weighted by atomic mass is 10.1. The zero-order chi connectivity index (χ0) is 30.2. The third-order valence-electron chi connectivity index (χ3n) is 6.41. The molecule has 12 heteroatoms. The fourth-order valence-electron chi connectivity index (χ4n) is 4.17. The number of halogens is 4. The zero-order valence-electron chi connectivity index (χ0n) is 22.6. The van der Waals surface area contributed by atoms with Crippen LogP contribution in [0.2, 0.25) is 15.1 Å². The summed E-state index contributed by atoms with van der Waals surface area (Å²) in [4.78, 5) is 28.5. The van der Waals surface area contributed by atoms with Crippen molar-refractivity contribution in [3.05, 3.63) is 93.2 Å². The number of unbranched alkanes of at least 4 members (excludes halogenated alkanes) is 1. The summed E-state index contributed by atoms with van der Waals surface area (Å²) in [5.41, 5.74) is 0.385. The minimum atomic E-state index is -4.32. The molecule has 0 bridgehead atoms. The SMILES string of the molecule is CCCCNC(=O)[C@@H](CC)N(Cc1c(Cl)cccc1Cl)C(=O)CN(c1ccc(F)c(Cl)c1)S(=O)(=O)c1ccccc1. The average Bonchev–Trinajstić information content (AvgIpc) is 2.95. The Kier molecular flexibility index (Phi) is 11.8. The van der Waals surface area contributed by atoms with Crippen molar-refractivity contribution in [3.8, 4) is 0 Å². The highest BCUT2D eigenvalue weighted by Gasteiger charge is 2.34. The number of anilines is 1. The summed E-state index contributed by atoms with van der Waals surface area (Å²) >= 11 is 18.8. The molecule has 2 amide bonds. The maximum absolute atomic E-state index is 14.1. The number of hydrogen-bond acceptors (Lipinski definition) is 4. The van der Waals surface area contributed by atoms with Crippen LogP contribution in [0.4, 0.5) is 10.1 Å². The van der Waals surface area contributed by atoms with E-state index >= 15 is 0 Å². The highest BCUT2D eigenvalue weighted by molar-refractivity contribution is 7.92. The van der Waals surface area contributed by atoms with Gasteiger partial charge in [-0.25, -0.2) is 12.8 Å². The molecule has 0 fully saturated rings. The first-order chi connectivity index (χ1) is 19.5. The molecular formula is C29H31Cl3FN3O4S. The zero-order valence-corrected chi connectivity index (χ0v) is 25.7. The molecular weight excluding hydrogens is 612 g/mol. The minimum Gasteiger partial charge on any atom is -0.354 e. The Balaban J connectivity index is 2.09. The molecule has 41 heavy (non-hydrogen) atoms. The number of amides is 2. The smallest absolute Gasteiger partial charge is 0.264 e. The third kappa shape index (κ3) is 8.13. The lowest BCUT2D eigenvalue weighted by molar-refractivity contribution is -0.140. The molecule has 0 radical (unpaired) electrons. The highest BCUT2D eigenvalue weighted by Crippen LogP contribution is 2.30. The van der Waals surface area contributed by atoms with Gasteiger partial charge in [0.05, 0.1) is 15.6 Å². The Morgan fingerprint density at radius 1 is 0.927 bits per heavy atom. The first-order valence-electron chi connectivity index (χ1n) is 13.0. The number of carbonyl (C=O) groups is 2. The predicted molar refractivity (Wildman–Crippen MR) is 161 cm³/mol. The summed E-state index contributed by atoms with van der Waals surface area (Å²) in [5, 5.41) is 3.11. The van der Waals surface area contributed by atoms with E-state index in [0.29, 0.717) is 12.1 Å². The molecule has 0 saturated heterocycles. The lowest BCUT2D eigenvalue weighted by Crippen LogP contribution is -2.52. The largest absolute Gasteiger partial charge is 0.354 e. The van der Waals surface area contributed by atoms with Gasteiger partial charge in [0.25, 0.3) is 10.0 Å². The van der Waals surface area contributed by atoms with Gasteiger partial charge in [-0.3, -0.25) is 13.9 Å². The van der Waals surface area contributed by atoms with Gasteiger partial charge in [0, 0.05) is 28.7 Å². The summed E-state index contributed by atoms with van der Waals surface area (Å²) < 4.78 is 42.5. The molecule has 0 aromatic heterocycles. The molecule has 3 aromatic rings. The fourth-order valence-corrected chi connectivity index (χ4v) is 6.29. The second kappa shape index (κ2) is 14.9. The molecule has 3 aromatic carbocycles. The Bertz CT molecular complexity index is 1460. The fraction of sp³-hybridized carbons (Fsp3) is 0.310. The Labute approximate surface area is 255 Å². The van der Waals surface area contributed by atoms with Crippen LogP contribution in [0.25, 0.3) is 0 Å². The van der Waals surface area contributed by atoms with Gasteiger partial charge in [-0.05, 0) is 55.3 Å². The van der Waals surface area contributed by atoms with Gasteiger partial charge in [0.15, 0.2) is 0 Å². The van der Waals surface area contributed by atoms with E-state index in [0.717, 1.165) is 29.3 Å². The van der Waals surface area contributed by atoms with Crippen LogP contribution in [0.3, 0.4) is 0 Å². The number of hydrogen-bond donors (Lipinski definition) is 1. The molecule has 7 nitrogen and oxygen atoms in total. The molecule has 0 aliphatic carbocycles. The summed E-state index contributed by atoms with van der Waals surface area (Å²) in [6, 6.07) is 14.8. The first-order valence-corrected chi connectivity index (χ1v) is 15.6. The van der Waals surface area contributed by atoms with Crippen LogP contribution in [-0.4, -0.2) is 44.3 Å². The van der Waals surface area contributed by atoms with Crippen molar-refractivity contribution in [1.29, 1.82) is 0 Å². The standard InChI is InChI=1S/C29H31Cl3FN3O4S/c1-3-5-16-34-29(38)27(4-2)35(18-22-23(30)12-9-13-24(22)31)28(37)19-36(20-14-15-26(33)25(32)17-20)41(39,40)21-10-7-6-8-11-21/h6-15,17,27H,3-5,16,18-19H2,1-2H3,(H,34,38)/t27-/m1/s1. The monoisotopic (exact) mass is 641 g/mol. The maximum Gasteiger partial charge on any atom is 0.264 e. The summed E-state index contributed by atoms with van der Waals surface area (Å²) in [6.07, 6.45) is 1.85. The van der Waals surface area contributed by atoms with E-state index in [1.54, 1.807) is 43.3 Å². The minimum absolute atomic E-state index is 0.0234. The molecule has 1 N–H and O–H groups in total. The summed E-state index contributed by atoms with van der Waals surface area (Å²) in [6.45, 7) is 3.29. The molecule has 0 aliphatic rings. The number of nitrogens with zero attached hydrogens (tertiary/aromatic N) is 2. The van der Waals surface area contributed by atoms with E-state index in [1.165, 1.54) is 23.1 Å². The summed E-state index contributed by atoms with van der Waals surface area (Å²) in [7, 11) is -4.32. The molecule has 1 atom stereocenters. The Morgan fingerprint density at radius 2 is 1.59 bits per heavy atom. The third-order valence-corrected chi connectivity index (χ3v) is 9.19. The van der Waals surface area contributed by atoms with Gasteiger partial charge >= 0.3 is 0 Å². The van der Waals surface area contributed by atoms with Crippen LogP contribution in [0.1, 0.15) is 38.7 Å². The second-order valence-electron chi connectivity index (χ2n) is 9.21. The van der Waals surface area contributed by atoms with Crippen molar-refractivity contribution in [2.24, 2.45) is 0 Å². The van der Waals surface area contributed by atoms with Gasteiger partial charge in [0.1, 0.15) is 18.4 Å². The van der Waals surface area contributed by atoms with E-state index in [2.05, 4.69) is 5.32 Å². The van der Waals surface area contributed by atoms with Crippen molar-refractivity contribution in [3.63, 3.8) is 0 Å². The normalized spacial score (nSPS) is 12.0. The van der Waals surface area contributed by atoms with Gasteiger partial charge in [-0.1, -0.05) is 79.3 Å². The molecule has 0 spiro atoms. The van der Waals surface area contributed by atoms with Crippen molar-refractivity contribution in [2.45, 2.75) is 50.6 Å². The van der Waals surface area contributed by atoms with Crippen LogP contribution in [0.5, 0.6) is 0 Å². The van der Waals surface area contributed by atoms with Gasteiger partial charge in [0.2, 0.25) is 11.8 Å². The molecule has 0 aliphatic heterocycles. The van der Waals surface area contributed by atoms with Crippen molar-refractivity contribution in [2.75, 3.05) is 17.4 Å². The second-order valence-corrected chi connectivity index (χ2v) is 12.3. The highest BCUT2D eigenvalue weighted by atomic mass is 35.5. The lowest BCUT2D eigenvalue weighted by Gasteiger charge is -2.33. The summed E-state index contributed by atoms with van der Waals surface area (Å²) in [5.74, 6) is -1.83. The van der Waals surface area contributed by atoms with E-state index in [9.17, 15) is 22.4 Å². The quantitative estimate of drug-likeness (QED) is 0.210. The maximum atomic E-state index is 14.1. The Morgan fingerprint density at radius 3 is 2.17 bits per heavy atom. The Hall–Kier alpha value is -2.85. The topological polar surface area (TPSA) is 86.8 Å². The number of benzene rings is 3. The predicted octanol–water partition coefficient (Wildman–Crippen LogP) is 6.70. The van der Waals surface area contributed by atoms with Gasteiger partial charge < -0.3 is 10.2 Å². The van der Waals surface area contributed by atoms with E-state index in [4.69, 9.17) is 34.8 Å². The molecule has 3 rings (SSSR count). The van der Waals surface area contributed by atoms with E-state index in [1.807, 2.05) is 6.92 Å². The molecule has 0 heterocycles. The molecule has 220 valence electrons. The van der Waals surface area contributed by atoms with Crippen LogP contribution < -0.4 is 9.62 Å². The average molecular weight is 643 g/mol. The van der Waals surface area contributed by atoms with Crippen molar-refractivity contribution >= 4 is 62.3 Å². The van der Waals surface area contributed by atoms with Gasteiger partial charge in [-0.2, -0.15) is 0 Å². The van der Waals surface area contributed by atoms with E-state index in [-0.39, 0.29) is 44.5 Å². The van der Waals surface area contributed by atoms with Crippen LogP contribution in [0.15, 0.2) is 71.6 Å². The number of nitrogens with one attached hydrogen (secondary N) is 1. The van der Waals surface area contributed by atoms with E-state index < -0.39 is 34.3 Å². The van der Waals surface area contributed by atoms with Crippen LogP contribution in [-0.2, 0) is 26.2 Å². The van der Waals surface area contributed by atoms with Crippen LogP contribution >= 0.6 is 34.8 Å². The van der Waals surface area contributed by atoms with Crippen molar-refractivity contribution in [1.82, 2.24) is 10.2 Å². The number of carbonyl (C=O) groups excluding carboxylic acids is 2. The molecule has 0 unspecified atom stereocenters. The molecule has 0 saturated carbocycles. The van der Waals surface area contributed by atoms with Crippen LogP contribution in [0, 0.1) is 5.82 Å². The number of rotatable bonds is 13. The van der Waals surface area contributed by atoms with Gasteiger partial charge in [-0.15, -0.1) is 0 Å². The van der Waals surface area contributed by atoms with Crippen molar-refractivity contribution < 1.29 is 22.4 Å².